The number of fused-ring (bicyclic) bond motifs is 1. The number of anilines is 1. The smallest absolute Gasteiger partial charge is 0.271 e. The molecule has 1 heterocycles. The number of nitrogens with one attached hydrogen (secondary N) is 1. The van der Waals surface area contributed by atoms with E-state index in [1.54, 1.807) is 28.8 Å². The van der Waals surface area contributed by atoms with Crippen LogP contribution in [0.2, 0.25) is 5.02 Å². The van der Waals surface area contributed by atoms with Crippen LogP contribution in [-0.4, -0.2) is 38.8 Å². The number of ether oxygens (including phenoxy) is 1. The minimum absolute atomic E-state index is 0.0632. The van der Waals surface area contributed by atoms with E-state index in [-0.39, 0.29) is 33.8 Å². The average Bonchev–Trinajstić information content (AvgIpc) is 2.77. The van der Waals surface area contributed by atoms with Crippen molar-refractivity contribution in [2.24, 2.45) is 0 Å². The van der Waals surface area contributed by atoms with Gasteiger partial charge in [0.15, 0.2) is 5.16 Å². The Balaban J connectivity index is 1.78. The quantitative estimate of drug-likeness (QED) is 0.146. The Morgan fingerprint density at radius 1 is 1.30 bits per heavy atom. The van der Waals surface area contributed by atoms with E-state index in [0.717, 1.165) is 11.8 Å². The van der Waals surface area contributed by atoms with E-state index in [4.69, 9.17) is 16.3 Å². The first-order valence-electron chi connectivity index (χ1n) is 10.2. The van der Waals surface area contributed by atoms with Gasteiger partial charge in [-0.1, -0.05) is 35.5 Å². The van der Waals surface area contributed by atoms with E-state index in [0.29, 0.717) is 35.6 Å². The summed E-state index contributed by atoms with van der Waals surface area (Å²) in [5, 5.41) is 14.6. The number of nitrogens with zero attached hydrogens (tertiary/aromatic N) is 3. The molecule has 9 nitrogen and oxygen atoms in total. The molecule has 33 heavy (non-hydrogen) atoms. The summed E-state index contributed by atoms with van der Waals surface area (Å²) in [4.78, 5) is 40.5. The second-order valence-electron chi connectivity index (χ2n) is 7.40. The monoisotopic (exact) mass is 490 g/mol. The Bertz CT molecular complexity index is 1230. The van der Waals surface area contributed by atoms with Crippen molar-refractivity contribution in [3.8, 4) is 0 Å². The van der Waals surface area contributed by atoms with Gasteiger partial charge in [-0.15, -0.1) is 0 Å². The van der Waals surface area contributed by atoms with Crippen LogP contribution in [0.25, 0.3) is 10.9 Å². The first-order chi connectivity index (χ1) is 15.8. The van der Waals surface area contributed by atoms with Gasteiger partial charge in [-0.05, 0) is 38.5 Å². The van der Waals surface area contributed by atoms with Crippen molar-refractivity contribution in [2.75, 3.05) is 17.7 Å². The summed E-state index contributed by atoms with van der Waals surface area (Å²) < 4.78 is 7.11. The van der Waals surface area contributed by atoms with Crippen molar-refractivity contribution >= 4 is 51.5 Å². The lowest BCUT2D eigenvalue weighted by atomic mass is 10.2. The van der Waals surface area contributed by atoms with Crippen molar-refractivity contribution < 1.29 is 14.5 Å². The molecule has 2 aromatic carbocycles. The molecule has 0 atom stereocenters. The summed E-state index contributed by atoms with van der Waals surface area (Å²) in [6.07, 6.45) is 0.705. The number of rotatable bonds is 10. The Kier molecular flexibility index (Phi) is 8.43. The molecular weight excluding hydrogens is 468 g/mol. The molecule has 11 heteroatoms. The van der Waals surface area contributed by atoms with Crippen LogP contribution in [0.5, 0.6) is 0 Å². The van der Waals surface area contributed by atoms with E-state index in [2.05, 4.69) is 10.3 Å². The summed E-state index contributed by atoms with van der Waals surface area (Å²) in [6.45, 7) is 4.77. The summed E-state index contributed by atoms with van der Waals surface area (Å²) in [5.74, 6) is -0.494. The predicted molar refractivity (Wildman–Crippen MR) is 129 cm³/mol. The fourth-order valence-electron chi connectivity index (χ4n) is 3.04. The van der Waals surface area contributed by atoms with Gasteiger partial charge in [0.1, 0.15) is 0 Å². The number of hydrogen-bond donors (Lipinski definition) is 1. The van der Waals surface area contributed by atoms with E-state index in [9.17, 15) is 19.7 Å². The zero-order valence-electron chi connectivity index (χ0n) is 18.1. The van der Waals surface area contributed by atoms with Crippen LogP contribution >= 0.6 is 23.4 Å². The molecule has 0 aliphatic rings. The Labute approximate surface area is 199 Å². The molecule has 1 amide bonds. The van der Waals surface area contributed by atoms with Crippen molar-refractivity contribution in [3.63, 3.8) is 0 Å². The van der Waals surface area contributed by atoms with Crippen molar-refractivity contribution in [2.45, 2.75) is 38.1 Å². The molecule has 1 aromatic heterocycles. The van der Waals surface area contributed by atoms with E-state index in [1.807, 2.05) is 13.8 Å². The molecule has 0 saturated carbocycles. The lowest BCUT2D eigenvalue weighted by Crippen LogP contribution is -2.25. The van der Waals surface area contributed by atoms with Gasteiger partial charge >= 0.3 is 0 Å². The topological polar surface area (TPSA) is 116 Å². The molecule has 3 aromatic rings. The predicted octanol–water partition coefficient (Wildman–Crippen LogP) is 4.50. The van der Waals surface area contributed by atoms with E-state index >= 15 is 0 Å². The molecular formula is C22H23ClN4O5S. The van der Waals surface area contributed by atoms with Crippen LogP contribution in [0.3, 0.4) is 0 Å². The van der Waals surface area contributed by atoms with Crippen LogP contribution < -0.4 is 10.9 Å². The van der Waals surface area contributed by atoms with Crippen LogP contribution in [-0.2, 0) is 16.1 Å². The highest BCUT2D eigenvalue weighted by atomic mass is 35.5. The lowest BCUT2D eigenvalue weighted by molar-refractivity contribution is -0.384. The molecule has 0 bridgehead atoms. The molecule has 0 aliphatic carbocycles. The normalized spacial score (nSPS) is 11.2. The van der Waals surface area contributed by atoms with Crippen LogP contribution in [0, 0.1) is 10.1 Å². The Hall–Kier alpha value is -2.95. The van der Waals surface area contributed by atoms with E-state index in [1.165, 1.54) is 18.2 Å². The van der Waals surface area contributed by atoms with E-state index < -0.39 is 10.8 Å². The average molecular weight is 491 g/mol. The molecule has 0 radical (unpaired) electrons. The van der Waals surface area contributed by atoms with Crippen LogP contribution in [0.4, 0.5) is 11.4 Å². The molecule has 0 spiro atoms. The van der Waals surface area contributed by atoms with Crippen molar-refractivity contribution in [1.82, 2.24) is 9.55 Å². The number of hydrogen-bond acceptors (Lipinski definition) is 7. The summed E-state index contributed by atoms with van der Waals surface area (Å²) in [7, 11) is 0. The molecule has 3 rings (SSSR count). The number of non-ortho nitro benzene ring substituents is 1. The number of amides is 1. The van der Waals surface area contributed by atoms with Gasteiger partial charge in [0.25, 0.3) is 11.2 Å². The number of nitro groups is 1. The number of benzene rings is 2. The molecule has 0 aliphatic heterocycles. The summed E-state index contributed by atoms with van der Waals surface area (Å²) in [5.41, 5.74) is 0.318. The minimum atomic E-state index is -0.568. The zero-order valence-corrected chi connectivity index (χ0v) is 19.7. The molecule has 174 valence electrons. The van der Waals surface area contributed by atoms with Gasteiger partial charge in [-0.25, -0.2) is 4.98 Å². The standard InChI is InChI=1S/C22H23ClN4O5S/c1-14(2)32-11-5-10-26-21(29)16-6-3-4-7-18(16)25-22(26)33-13-20(28)24-19-12-15(27(30)31)8-9-17(19)23/h3-4,6-9,12,14H,5,10-11,13H2,1-2H3,(H,24,28). The number of halogens is 1. The maximum Gasteiger partial charge on any atom is 0.271 e. The minimum Gasteiger partial charge on any atom is -0.379 e. The van der Waals surface area contributed by atoms with Crippen LogP contribution in [0.1, 0.15) is 20.3 Å². The second kappa shape index (κ2) is 11.3. The number of carbonyl (C=O) groups is 1. The van der Waals surface area contributed by atoms with Gasteiger partial charge in [-0.3, -0.25) is 24.3 Å². The number of carbonyl (C=O) groups excluding carboxylic acids is 1. The molecule has 0 unspecified atom stereocenters. The van der Waals surface area contributed by atoms with Crippen molar-refractivity contribution in [1.29, 1.82) is 0 Å². The molecule has 1 N–H and O–H groups in total. The largest absolute Gasteiger partial charge is 0.379 e. The molecule has 0 saturated heterocycles. The number of nitro benzene ring substituents is 1. The maximum atomic E-state index is 13.0. The fourth-order valence-corrected chi connectivity index (χ4v) is 4.03. The van der Waals surface area contributed by atoms with Gasteiger partial charge in [0.05, 0.1) is 38.4 Å². The third-order valence-corrected chi connectivity index (χ3v) is 5.88. The van der Waals surface area contributed by atoms with Gasteiger partial charge in [0.2, 0.25) is 5.91 Å². The third-order valence-electron chi connectivity index (χ3n) is 4.57. The number of para-hydroxylation sites is 1. The first-order valence-corrected chi connectivity index (χ1v) is 11.6. The fraction of sp³-hybridized carbons (Fsp3) is 0.318. The van der Waals surface area contributed by atoms with Gasteiger partial charge in [0, 0.05) is 25.3 Å². The van der Waals surface area contributed by atoms with Crippen LogP contribution in [0.15, 0.2) is 52.4 Å². The van der Waals surface area contributed by atoms with Gasteiger partial charge < -0.3 is 10.1 Å². The zero-order chi connectivity index (χ0) is 24.0. The molecule has 0 fully saturated rings. The third kappa shape index (κ3) is 6.53. The highest BCUT2D eigenvalue weighted by Gasteiger charge is 2.15. The summed E-state index contributed by atoms with van der Waals surface area (Å²) >= 11 is 7.16. The summed E-state index contributed by atoms with van der Waals surface area (Å²) in [6, 6.07) is 10.8. The highest BCUT2D eigenvalue weighted by Crippen LogP contribution is 2.27. The number of thioether (sulfide) groups is 1. The SMILES string of the molecule is CC(C)OCCCn1c(SCC(=O)Nc2cc([N+](=O)[O-])ccc2Cl)nc2ccccc2c1=O. The Morgan fingerprint density at radius 2 is 2.06 bits per heavy atom. The first kappa shape index (κ1) is 24.7. The highest BCUT2D eigenvalue weighted by molar-refractivity contribution is 7.99. The van der Waals surface area contributed by atoms with Gasteiger partial charge in [-0.2, -0.15) is 0 Å². The second-order valence-corrected chi connectivity index (χ2v) is 8.75. The number of aromatic nitrogens is 2. The van der Waals surface area contributed by atoms with Crippen molar-refractivity contribution in [3.05, 3.63) is 68.0 Å². The maximum absolute atomic E-state index is 13.0. The lowest BCUT2D eigenvalue weighted by Gasteiger charge is -2.14. The Morgan fingerprint density at radius 3 is 2.79 bits per heavy atom.